The Balaban J connectivity index is 1.96. The van der Waals surface area contributed by atoms with E-state index >= 15 is 0 Å². The van der Waals surface area contributed by atoms with E-state index in [0.717, 1.165) is 12.8 Å². The number of nitrogens with one attached hydrogen (secondary N) is 2. The fraction of sp³-hybridized carbons (Fsp3) is 0.385. The first-order chi connectivity index (χ1) is 10.9. The molecule has 0 aromatic heterocycles. The van der Waals surface area contributed by atoms with Crippen molar-refractivity contribution in [3.8, 4) is 0 Å². The van der Waals surface area contributed by atoms with Crippen molar-refractivity contribution in [1.82, 2.24) is 10.7 Å². The Bertz CT molecular complexity index is 606. The molecule has 126 valence electrons. The minimum Gasteiger partial charge on any atom is -0.376 e. The number of rotatable bonds is 4. The van der Waals surface area contributed by atoms with Crippen molar-refractivity contribution < 1.29 is 26.7 Å². The highest BCUT2D eigenvalue weighted by atomic mass is 32.1. The molecule has 1 fully saturated rings. The zero-order valence-corrected chi connectivity index (χ0v) is 12.5. The van der Waals surface area contributed by atoms with Gasteiger partial charge in [-0.3, -0.25) is 5.43 Å². The number of hydrogen-bond donors (Lipinski definition) is 2. The number of halogens is 5. The molecule has 23 heavy (non-hydrogen) atoms. The standard InChI is InChI=1S/C13H12F5N3OS/c14-8-7(9(15)11(17)12(18)10(8)16)5-20-21-13(23)19-4-6-2-1-3-22-6/h5-6H,1-4H2,(H2,19,21,23)/b20-5+. The van der Waals surface area contributed by atoms with E-state index in [0.29, 0.717) is 19.4 Å². The zero-order chi connectivity index (χ0) is 17.0. The molecule has 1 saturated heterocycles. The first kappa shape index (κ1) is 17.5. The molecule has 1 aliphatic rings. The molecule has 1 unspecified atom stereocenters. The largest absolute Gasteiger partial charge is 0.376 e. The second kappa shape index (κ2) is 7.64. The molecule has 0 amide bonds. The molecule has 1 atom stereocenters. The molecule has 1 aromatic carbocycles. The molecule has 4 nitrogen and oxygen atoms in total. The summed E-state index contributed by atoms with van der Waals surface area (Å²) in [4.78, 5) is 0. The summed E-state index contributed by atoms with van der Waals surface area (Å²) in [5, 5.41) is 6.15. The Kier molecular flexibility index (Phi) is 5.83. The van der Waals surface area contributed by atoms with Crippen LogP contribution in [0, 0.1) is 29.1 Å². The monoisotopic (exact) mass is 353 g/mol. The van der Waals surface area contributed by atoms with Crippen LogP contribution in [0.2, 0.25) is 0 Å². The maximum absolute atomic E-state index is 13.4. The molecule has 0 aliphatic carbocycles. The van der Waals surface area contributed by atoms with Crippen LogP contribution < -0.4 is 10.7 Å². The van der Waals surface area contributed by atoms with E-state index in [1.165, 1.54) is 0 Å². The van der Waals surface area contributed by atoms with Crippen molar-refractivity contribution in [1.29, 1.82) is 0 Å². The zero-order valence-electron chi connectivity index (χ0n) is 11.6. The van der Waals surface area contributed by atoms with Gasteiger partial charge in [0.2, 0.25) is 5.82 Å². The van der Waals surface area contributed by atoms with Gasteiger partial charge in [-0.05, 0) is 25.1 Å². The van der Waals surface area contributed by atoms with Gasteiger partial charge in [-0.2, -0.15) is 5.10 Å². The molecule has 1 aromatic rings. The molecular formula is C13H12F5N3OS. The highest BCUT2D eigenvalue weighted by Crippen LogP contribution is 2.21. The molecule has 10 heteroatoms. The average Bonchev–Trinajstić information content (AvgIpc) is 3.06. The summed E-state index contributed by atoms with van der Waals surface area (Å²) in [6.07, 6.45) is 2.30. The molecular weight excluding hydrogens is 341 g/mol. The number of hydrogen-bond acceptors (Lipinski definition) is 3. The lowest BCUT2D eigenvalue weighted by Crippen LogP contribution is -2.37. The van der Waals surface area contributed by atoms with Crippen molar-refractivity contribution in [2.24, 2.45) is 5.10 Å². The lowest BCUT2D eigenvalue weighted by Gasteiger charge is -2.11. The fourth-order valence-electron chi connectivity index (χ4n) is 1.94. The molecule has 0 saturated carbocycles. The number of ether oxygens (including phenoxy) is 1. The van der Waals surface area contributed by atoms with Crippen LogP contribution in [-0.2, 0) is 4.74 Å². The first-order valence-corrected chi connectivity index (χ1v) is 7.02. The average molecular weight is 353 g/mol. The molecule has 1 aliphatic heterocycles. The normalized spacial score (nSPS) is 17.7. The van der Waals surface area contributed by atoms with E-state index in [2.05, 4.69) is 15.8 Å². The van der Waals surface area contributed by atoms with Crippen LogP contribution >= 0.6 is 12.2 Å². The maximum atomic E-state index is 13.4. The van der Waals surface area contributed by atoms with E-state index in [1.807, 2.05) is 0 Å². The van der Waals surface area contributed by atoms with E-state index < -0.39 is 34.6 Å². The summed E-state index contributed by atoms with van der Waals surface area (Å²) in [6.45, 7) is 1.09. The number of thiocarbonyl (C=S) groups is 1. The van der Waals surface area contributed by atoms with Gasteiger partial charge in [0.15, 0.2) is 28.4 Å². The molecule has 1 heterocycles. The summed E-state index contributed by atoms with van der Waals surface area (Å²) in [6, 6.07) is 0. The maximum Gasteiger partial charge on any atom is 0.200 e. The topological polar surface area (TPSA) is 45.7 Å². The second-order valence-electron chi connectivity index (χ2n) is 4.70. The smallest absolute Gasteiger partial charge is 0.200 e. The second-order valence-corrected chi connectivity index (χ2v) is 5.11. The van der Waals surface area contributed by atoms with Gasteiger partial charge < -0.3 is 10.1 Å². The Labute approximate surface area is 133 Å². The van der Waals surface area contributed by atoms with Crippen molar-refractivity contribution >= 4 is 23.5 Å². The quantitative estimate of drug-likeness (QED) is 0.218. The summed E-state index contributed by atoms with van der Waals surface area (Å²) in [7, 11) is 0. The van der Waals surface area contributed by atoms with Crippen LogP contribution in [0.25, 0.3) is 0 Å². The van der Waals surface area contributed by atoms with Gasteiger partial charge in [-0.25, -0.2) is 22.0 Å². The van der Waals surface area contributed by atoms with Gasteiger partial charge in [0.25, 0.3) is 0 Å². The van der Waals surface area contributed by atoms with Gasteiger partial charge in [0.05, 0.1) is 17.9 Å². The third-order valence-corrected chi connectivity index (χ3v) is 3.35. The number of hydrazone groups is 1. The van der Waals surface area contributed by atoms with Crippen molar-refractivity contribution in [2.75, 3.05) is 13.2 Å². The van der Waals surface area contributed by atoms with E-state index in [4.69, 9.17) is 17.0 Å². The van der Waals surface area contributed by atoms with Gasteiger partial charge in [-0.15, -0.1) is 0 Å². The highest BCUT2D eigenvalue weighted by Gasteiger charge is 2.24. The molecule has 2 rings (SSSR count). The third-order valence-electron chi connectivity index (χ3n) is 3.12. The number of benzene rings is 1. The predicted octanol–water partition coefficient (Wildman–Crippen LogP) is 2.36. The SMILES string of the molecule is Fc1c(F)c(F)c(/C=N/NC(=S)NCC2CCCO2)c(F)c1F. The van der Waals surface area contributed by atoms with E-state index in [1.54, 1.807) is 0 Å². The van der Waals surface area contributed by atoms with Gasteiger partial charge in [-0.1, -0.05) is 0 Å². The van der Waals surface area contributed by atoms with E-state index in [9.17, 15) is 22.0 Å². The van der Waals surface area contributed by atoms with Gasteiger partial charge in [0.1, 0.15) is 0 Å². The lowest BCUT2D eigenvalue weighted by molar-refractivity contribution is 0.114. The predicted molar refractivity (Wildman–Crippen MR) is 76.5 cm³/mol. The third kappa shape index (κ3) is 4.14. The van der Waals surface area contributed by atoms with Crippen LogP contribution in [0.4, 0.5) is 22.0 Å². The van der Waals surface area contributed by atoms with Crippen LogP contribution in [0.15, 0.2) is 5.10 Å². The van der Waals surface area contributed by atoms with Crippen LogP contribution in [0.3, 0.4) is 0 Å². The summed E-state index contributed by atoms with van der Waals surface area (Å²) in [5.41, 5.74) is 1.07. The molecule has 0 bridgehead atoms. The first-order valence-electron chi connectivity index (χ1n) is 6.61. The highest BCUT2D eigenvalue weighted by molar-refractivity contribution is 7.80. The van der Waals surface area contributed by atoms with Gasteiger partial charge >= 0.3 is 0 Å². The molecule has 0 radical (unpaired) electrons. The van der Waals surface area contributed by atoms with Gasteiger partial charge in [0, 0.05) is 13.2 Å². The lowest BCUT2D eigenvalue weighted by atomic mass is 10.2. The summed E-state index contributed by atoms with van der Waals surface area (Å²) in [5.74, 6) is -10.2. The fourth-order valence-corrected chi connectivity index (χ4v) is 2.08. The van der Waals surface area contributed by atoms with E-state index in [-0.39, 0.29) is 11.2 Å². The minimum absolute atomic E-state index is 0.00825. The Hall–Kier alpha value is -1.81. The Morgan fingerprint density at radius 3 is 2.30 bits per heavy atom. The van der Waals surface area contributed by atoms with Crippen molar-refractivity contribution in [3.63, 3.8) is 0 Å². The van der Waals surface area contributed by atoms with Crippen LogP contribution in [0.5, 0.6) is 0 Å². The molecule has 2 N–H and O–H groups in total. The minimum atomic E-state index is -2.22. The summed E-state index contributed by atoms with van der Waals surface area (Å²) < 4.78 is 70.9. The van der Waals surface area contributed by atoms with Crippen LogP contribution in [-0.4, -0.2) is 30.6 Å². The van der Waals surface area contributed by atoms with Crippen molar-refractivity contribution in [2.45, 2.75) is 18.9 Å². The summed E-state index contributed by atoms with van der Waals surface area (Å²) >= 11 is 4.85. The van der Waals surface area contributed by atoms with Crippen molar-refractivity contribution in [3.05, 3.63) is 34.6 Å². The Morgan fingerprint density at radius 2 is 1.74 bits per heavy atom. The van der Waals surface area contributed by atoms with Crippen LogP contribution in [0.1, 0.15) is 18.4 Å². The number of nitrogens with zero attached hydrogens (tertiary/aromatic N) is 1. The molecule has 0 spiro atoms. The Morgan fingerprint density at radius 1 is 1.13 bits per heavy atom.